The van der Waals surface area contributed by atoms with Crippen LogP contribution in [-0.4, -0.2) is 50.1 Å². The molecule has 0 fully saturated rings. The summed E-state index contributed by atoms with van der Waals surface area (Å²) in [5.41, 5.74) is 0. The maximum Gasteiger partial charge on any atom is 0.191 e. The van der Waals surface area contributed by atoms with E-state index in [0.717, 1.165) is 32.1 Å². The van der Waals surface area contributed by atoms with Crippen LogP contribution >= 0.6 is 0 Å². The molecule has 0 amide bonds. The third-order valence-corrected chi connectivity index (χ3v) is 3.26. The minimum absolute atomic E-state index is 0.593. The summed E-state index contributed by atoms with van der Waals surface area (Å²) in [5.74, 6) is 0.955. The quantitative estimate of drug-likeness (QED) is 0.364. The van der Waals surface area contributed by atoms with Crippen molar-refractivity contribution in [2.24, 2.45) is 4.99 Å². The molecule has 0 heterocycles. The van der Waals surface area contributed by atoms with Crippen molar-refractivity contribution in [1.82, 2.24) is 15.5 Å². The molecule has 0 aromatic carbocycles. The van der Waals surface area contributed by atoms with E-state index >= 15 is 0 Å². The maximum absolute atomic E-state index is 4.60. The molecule has 4 nitrogen and oxygen atoms in total. The first-order valence-corrected chi connectivity index (χ1v) is 7.84. The zero-order valence-electron chi connectivity index (χ0n) is 13.6. The lowest BCUT2D eigenvalue weighted by atomic mass is 10.2. The van der Waals surface area contributed by atoms with Gasteiger partial charge < -0.3 is 15.5 Å². The number of aliphatic imine (C=N–C) groups is 1. The van der Waals surface area contributed by atoms with Crippen molar-refractivity contribution < 1.29 is 0 Å². The van der Waals surface area contributed by atoms with E-state index in [9.17, 15) is 0 Å². The molecule has 0 aliphatic rings. The predicted molar refractivity (Wildman–Crippen MR) is 85.9 cm³/mol. The molecule has 4 heteroatoms. The Bertz CT molecular complexity index is 226. The zero-order valence-corrected chi connectivity index (χ0v) is 13.6. The first-order valence-electron chi connectivity index (χ1n) is 7.84. The highest BCUT2D eigenvalue weighted by atomic mass is 15.2. The van der Waals surface area contributed by atoms with Crippen molar-refractivity contribution in [2.45, 2.75) is 59.4 Å². The van der Waals surface area contributed by atoms with Gasteiger partial charge in [0.15, 0.2) is 5.96 Å². The second-order valence-corrected chi connectivity index (χ2v) is 5.32. The standard InChI is InChI=1S/C15H34N4/c1-6-8-9-10-11-17-15(16-7-2)18-12-13-19(5)14(3)4/h14H,6-13H2,1-5H3,(H2,16,17,18). The van der Waals surface area contributed by atoms with Crippen molar-refractivity contribution in [3.05, 3.63) is 0 Å². The highest BCUT2D eigenvalue weighted by Crippen LogP contribution is 1.98. The van der Waals surface area contributed by atoms with Crippen LogP contribution in [0.3, 0.4) is 0 Å². The molecule has 0 saturated heterocycles. The summed E-state index contributed by atoms with van der Waals surface area (Å²) in [7, 11) is 2.15. The van der Waals surface area contributed by atoms with Gasteiger partial charge in [-0.15, -0.1) is 0 Å². The van der Waals surface area contributed by atoms with Gasteiger partial charge in [0.25, 0.3) is 0 Å². The first-order chi connectivity index (χ1) is 9.11. The molecule has 0 aromatic heterocycles. The summed E-state index contributed by atoms with van der Waals surface area (Å²) in [5, 5.41) is 6.69. The monoisotopic (exact) mass is 270 g/mol. The predicted octanol–water partition coefficient (Wildman–Crippen LogP) is 2.46. The number of unbranched alkanes of at least 4 members (excludes halogenated alkanes) is 3. The van der Waals surface area contributed by atoms with Gasteiger partial charge in [-0.2, -0.15) is 0 Å². The van der Waals surface area contributed by atoms with Crippen LogP contribution in [0.1, 0.15) is 53.4 Å². The van der Waals surface area contributed by atoms with E-state index in [1.165, 1.54) is 25.7 Å². The molecule has 0 aliphatic heterocycles. The maximum atomic E-state index is 4.60. The Morgan fingerprint density at radius 3 is 2.42 bits per heavy atom. The third-order valence-electron chi connectivity index (χ3n) is 3.26. The highest BCUT2D eigenvalue weighted by molar-refractivity contribution is 5.79. The average Bonchev–Trinajstić information content (AvgIpc) is 2.38. The molecule has 0 rings (SSSR count). The molecule has 0 aromatic rings. The molecule has 19 heavy (non-hydrogen) atoms. The molecule has 2 N–H and O–H groups in total. The zero-order chi connectivity index (χ0) is 14.5. The minimum Gasteiger partial charge on any atom is -0.357 e. The van der Waals surface area contributed by atoms with Crippen molar-refractivity contribution in [3.8, 4) is 0 Å². The fraction of sp³-hybridized carbons (Fsp3) is 0.933. The number of hydrogen-bond acceptors (Lipinski definition) is 2. The Labute approximate surface area is 120 Å². The molecule has 0 bridgehead atoms. The minimum atomic E-state index is 0.593. The van der Waals surface area contributed by atoms with Gasteiger partial charge in [0.2, 0.25) is 0 Å². The summed E-state index contributed by atoms with van der Waals surface area (Å²) in [6.07, 6.45) is 5.08. The largest absolute Gasteiger partial charge is 0.357 e. The van der Waals surface area contributed by atoms with Crippen LogP contribution in [0, 0.1) is 0 Å². The third kappa shape index (κ3) is 10.8. The molecule has 0 spiro atoms. The van der Waals surface area contributed by atoms with Crippen molar-refractivity contribution in [1.29, 1.82) is 0 Å². The molecule has 0 saturated carbocycles. The van der Waals surface area contributed by atoms with E-state index in [1.807, 2.05) is 0 Å². The average molecular weight is 270 g/mol. The van der Waals surface area contributed by atoms with Gasteiger partial charge in [0, 0.05) is 32.2 Å². The van der Waals surface area contributed by atoms with Crippen LogP contribution in [0.15, 0.2) is 4.99 Å². The Morgan fingerprint density at radius 2 is 1.84 bits per heavy atom. The number of hydrogen-bond donors (Lipinski definition) is 2. The molecule has 0 atom stereocenters. The SMILES string of the molecule is CCCCCCN=C(NCC)NCCN(C)C(C)C. The van der Waals surface area contributed by atoms with Crippen LogP contribution in [-0.2, 0) is 0 Å². The number of rotatable bonds is 10. The molecule has 114 valence electrons. The van der Waals surface area contributed by atoms with Crippen molar-refractivity contribution in [3.63, 3.8) is 0 Å². The van der Waals surface area contributed by atoms with Gasteiger partial charge in [-0.25, -0.2) is 0 Å². The van der Waals surface area contributed by atoms with E-state index in [4.69, 9.17) is 0 Å². The summed E-state index contributed by atoms with van der Waals surface area (Å²) in [4.78, 5) is 6.93. The first kappa shape index (κ1) is 18.2. The van der Waals surface area contributed by atoms with E-state index < -0.39 is 0 Å². The van der Waals surface area contributed by atoms with E-state index in [1.54, 1.807) is 0 Å². The second kappa shape index (κ2) is 12.3. The van der Waals surface area contributed by atoms with Gasteiger partial charge in [0.05, 0.1) is 0 Å². The summed E-state index contributed by atoms with van der Waals surface area (Å²) in [6.45, 7) is 12.6. The molecular weight excluding hydrogens is 236 g/mol. The number of likely N-dealkylation sites (N-methyl/N-ethyl adjacent to an activating group) is 1. The normalized spacial score (nSPS) is 12.3. The molecule has 0 unspecified atom stereocenters. The van der Waals surface area contributed by atoms with Gasteiger partial charge in [-0.05, 0) is 34.2 Å². The van der Waals surface area contributed by atoms with E-state index in [0.29, 0.717) is 6.04 Å². The van der Waals surface area contributed by atoms with E-state index in [2.05, 4.69) is 55.3 Å². The lowest BCUT2D eigenvalue weighted by Crippen LogP contribution is -2.42. The fourth-order valence-corrected chi connectivity index (χ4v) is 1.68. The fourth-order valence-electron chi connectivity index (χ4n) is 1.68. The van der Waals surface area contributed by atoms with Crippen LogP contribution in [0.5, 0.6) is 0 Å². The Morgan fingerprint density at radius 1 is 1.11 bits per heavy atom. The number of nitrogens with one attached hydrogen (secondary N) is 2. The lowest BCUT2D eigenvalue weighted by molar-refractivity contribution is 0.278. The van der Waals surface area contributed by atoms with E-state index in [-0.39, 0.29) is 0 Å². The highest BCUT2D eigenvalue weighted by Gasteiger charge is 2.02. The van der Waals surface area contributed by atoms with Gasteiger partial charge >= 0.3 is 0 Å². The van der Waals surface area contributed by atoms with Crippen LogP contribution in [0.2, 0.25) is 0 Å². The van der Waals surface area contributed by atoms with Crippen LogP contribution < -0.4 is 10.6 Å². The second-order valence-electron chi connectivity index (χ2n) is 5.32. The van der Waals surface area contributed by atoms with Gasteiger partial charge in [-0.3, -0.25) is 4.99 Å². The smallest absolute Gasteiger partial charge is 0.191 e. The molecular formula is C15H34N4. The molecule has 0 aliphatic carbocycles. The van der Waals surface area contributed by atoms with Crippen molar-refractivity contribution in [2.75, 3.05) is 33.2 Å². The van der Waals surface area contributed by atoms with Crippen molar-refractivity contribution >= 4 is 5.96 Å². The summed E-state index contributed by atoms with van der Waals surface area (Å²) in [6, 6.07) is 0.593. The Kier molecular flexibility index (Phi) is 11.8. The summed E-state index contributed by atoms with van der Waals surface area (Å²) < 4.78 is 0. The van der Waals surface area contributed by atoms with Crippen LogP contribution in [0.25, 0.3) is 0 Å². The van der Waals surface area contributed by atoms with Crippen LogP contribution in [0.4, 0.5) is 0 Å². The lowest BCUT2D eigenvalue weighted by Gasteiger charge is -2.21. The summed E-state index contributed by atoms with van der Waals surface area (Å²) >= 11 is 0. The van der Waals surface area contributed by atoms with Gasteiger partial charge in [-0.1, -0.05) is 26.2 Å². The Hall–Kier alpha value is -0.770. The Balaban J connectivity index is 3.86. The van der Waals surface area contributed by atoms with Gasteiger partial charge in [0.1, 0.15) is 0 Å². The number of nitrogens with zero attached hydrogens (tertiary/aromatic N) is 2. The number of guanidine groups is 1. The molecule has 0 radical (unpaired) electrons. The topological polar surface area (TPSA) is 39.7 Å².